The SMILES string of the molecule is COc1ccccc1N1CCN(C(=O)CCC2NC(=O)c3ccccc3NC2=O)CC1. The van der Waals surface area contributed by atoms with Gasteiger partial charge in [0.1, 0.15) is 11.8 Å². The Morgan fingerprint density at radius 3 is 2.52 bits per heavy atom. The van der Waals surface area contributed by atoms with Crippen molar-refractivity contribution < 1.29 is 19.1 Å². The molecule has 2 aromatic rings. The van der Waals surface area contributed by atoms with Crippen molar-refractivity contribution in [2.24, 2.45) is 0 Å². The maximum Gasteiger partial charge on any atom is 0.254 e. The molecule has 0 radical (unpaired) electrons. The van der Waals surface area contributed by atoms with Crippen LogP contribution in [0.4, 0.5) is 11.4 Å². The van der Waals surface area contributed by atoms with Gasteiger partial charge in [0.25, 0.3) is 5.91 Å². The van der Waals surface area contributed by atoms with Crippen molar-refractivity contribution in [3.63, 3.8) is 0 Å². The van der Waals surface area contributed by atoms with Crippen molar-refractivity contribution in [1.29, 1.82) is 0 Å². The van der Waals surface area contributed by atoms with Crippen LogP contribution < -0.4 is 20.3 Å². The molecule has 0 saturated carbocycles. The lowest BCUT2D eigenvalue weighted by Gasteiger charge is -2.36. The van der Waals surface area contributed by atoms with Gasteiger partial charge in [0.15, 0.2) is 0 Å². The van der Waals surface area contributed by atoms with E-state index in [2.05, 4.69) is 15.5 Å². The van der Waals surface area contributed by atoms with Crippen molar-refractivity contribution in [2.75, 3.05) is 43.5 Å². The van der Waals surface area contributed by atoms with E-state index in [9.17, 15) is 14.4 Å². The van der Waals surface area contributed by atoms with E-state index in [1.807, 2.05) is 29.2 Å². The van der Waals surface area contributed by atoms with Crippen molar-refractivity contribution in [3.05, 3.63) is 54.1 Å². The molecule has 162 valence electrons. The number of hydrogen-bond acceptors (Lipinski definition) is 5. The molecule has 0 aromatic heterocycles. The van der Waals surface area contributed by atoms with E-state index in [1.165, 1.54) is 0 Å². The van der Waals surface area contributed by atoms with Gasteiger partial charge < -0.3 is 25.2 Å². The van der Waals surface area contributed by atoms with E-state index in [0.717, 1.165) is 11.4 Å². The molecule has 1 fully saturated rings. The maximum atomic E-state index is 12.7. The van der Waals surface area contributed by atoms with Gasteiger partial charge in [0, 0.05) is 32.6 Å². The summed E-state index contributed by atoms with van der Waals surface area (Å²) in [6, 6.07) is 14.0. The lowest BCUT2D eigenvalue weighted by Crippen LogP contribution is -2.49. The molecule has 3 amide bonds. The van der Waals surface area contributed by atoms with Crippen LogP contribution in [0.1, 0.15) is 23.2 Å². The zero-order valence-electron chi connectivity index (χ0n) is 17.5. The lowest BCUT2D eigenvalue weighted by molar-refractivity contribution is -0.131. The van der Waals surface area contributed by atoms with Gasteiger partial charge in [-0.2, -0.15) is 0 Å². The predicted molar refractivity (Wildman–Crippen MR) is 117 cm³/mol. The molecule has 31 heavy (non-hydrogen) atoms. The molecule has 1 atom stereocenters. The number of methoxy groups -OCH3 is 1. The molecule has 8 nitrogen and oxygen atoms in total. The molecule has 0 spiro atoms. The fourth-order valence-corrected chi connectivity index (χ4v) is 4.03. The Morgan fingerprint density at radius 2 is 1.74 bits per heavy atom. The van der Waals surface area contributed by atoms with E-state index in [4.69, 9.17) is 4.74 Å². The summed E-state index contributed by atoms with van der Waals surface area (Å²) in [4.78, 5) is 41.7. The number of anilines is 2. The molecule has 2 N–H and O–H groups in total. The first-order valence-electron chi connectivity index (χ1n) is 10.4. The summed E-state index contributed by atoms with van der Waals surface area (Å²) in [5.41, 5.74) is 1.94. The van der Waals surface area contributed by atoms with Crippen molar-refractivity contribution in [2.45, 2.75) is 18.9 Å². The number of hydrogen-bond donors (Lipinski definition) is 2. The Labute approximate surface area is 181 Å². The van der Waals surface area contributed by atoms with Crippen LogP contribution in [0.25, 0.3) is 0 Å². The van der Waals surface area contributed by atoms with E-state index in [0.29, 0.717) is 37.4 Å². The number of rotatable bonds is 5. The molecular weight excluding hydrogens is 396 g/mol. The molecule has 2 heterocycles. The normalized spacial score (nSPS) is 18.5. The average Bonchev–Trinajstić information content (AvgIpc) is 2.93. The Morgan fingerprint density at radius 1 is 1.03 bits per heavy atom. The van der Waals surface area contributed by atoms with E-state index in [-0.39, 0.29) is 30.6 Å². The number of benzene rings is 2. The standard InChI is InChI=1S/C23H26N4O4/c1-31-20-9-5-4-8-19(20)26-12-14-27(15-13-26)21(28)11-10-18-23(30)24-17-7-3-2-6-16(17)22(29)25-18/h2-9,18H,10-15H2,1H3,(H,24,30)(H,25,29). The number of para-hydroxylation sites is 3. The minimum atomic E-state index is -0.737. The fraction of sp³-hybridized carbons (Fsp3) is 0.348. The number of nitrogens with one attached hydrogen (secondary N) is 2. The highest BCUT2D eigenvalue weighted by atomic mass is 16.5. The molecule has 1 unspecified atom stereocenters. The summed E-state index contributed by atoms with van der Waals surface area (Å²) in [5, 5.41) is 5.52. The van der Waals surface area contributed by atoms with Crippen LogP contribution in [0.5, 0.6) is 5.75 Å². The first-order chi connectivity index (χ1) is 15.1. The Hall–Kier alpha value is -3.55. The minimum absolute atomic E-state index is 0.0107. The second kappa shape index (κ2) is 9.07. The van der Waals surface area contributed by atoms with Gasteiger partial charge in [-0.25, -0.2) is 0 Å². The topological polar surface area (TPSA) is 91.0 Å². The summed E-state index contributed by atoms with van der Waals surface area (Å²) in [7, 11) is 1.65. The Balaban J connectivity index is 1.31. The number of nitrogens with zero attached hydrogens (tertiary/aromatic N) is 2. The van der Waals surface area contributed by atoms with Gasteiger partial charge in [-0.1, -0.05) is 24.3 Å². The summed E-state index contributed by atoms with van der Waals surface area (Å²) in [5.74, 6) is 0.200. The number of ether oxygens (including phenoxy) is 1. The average molecular weight is 422 g/mol. The predicted octanol–water partition coefficient (Wildman–Crippen LogP) is 1.87. The van der Waals surface area contributed by atoms with Crippen molar-refractivity contribution >= 4 is 29.1 Å². The van der Waals surface area contributed by atoms with Gasteiger partial charge >= 0.3 is 0 Å². The molecule has 2 aromatic carbocycles. The third-order valence-corrected chi connectivity index (χ3v) is 5.76. The van der Waals surface area contributed by atoms with Gasteiger partial charge in [-0.05, 0) is 30.7 Å². The Bertz CT molecular complexity index is 985. The fourth-order valence-electron chi connectivity index (χ4n) is 4.03. The summed E-state index contributed by atoms with van der Waals surface area (Å²) in [6.45, 7) is 2.63. The highest BCUT2D eigenvalue weighted by Gasteiger charge is 2.29. The molecule has 2 aliphatic rings. The van der Waals surface area contributed by atoms with Crippen LogP contribution >= 0.6 is 0 Å². The number of piperazine rings is 1. The molecule has 0 bridgehead atoms. The first kappa shape index (κ1) is 20.7. The smallest absolute Gasteiger partial charge is 0.254 e. The number of carbonyl (C=O) groups is 3. The third-order valence-electron chi connectivity index (χ3n) is 5.76. The number of amides is 3. The van der Waals surface area contributed by atoms with Crippen molar-refractivity contribution in [1.82, 2.24) is 10.2 Å². The minimum Gasteiger partial charge on any atom is -0.495 e. The first-order valence-corrected chi connectivity index (χ1v) is 10.4. The molecule has 4 rings (SSSR count). The Kier molecular flexibility index (Phi) is 6.06. The quantitative estimate of drug-likeness (QED) is 0.768. The molecule has 2 aliphatic heterocycles. The van der Waals surface area contributed by atoms with Gasteiger partial charge in [-0.15, -0.1) is 0 Å². The zero-order chi connectivity index (χ0) is 21.8. The monoisotopic (exact) mass is 422 g/mol. The van der Waals surface area contributed by atoms with E-state index in [1.54, 1.807) is 31.4 Å². The molecule has 8 heteroatoms. The number of fused-ring (bicyclic) bond motifs is 1. The van der Waals surface area contributed by atoms with Crippen LogP contribution in [0.15, 0.2) is 48.5 Å². The largest absolute Gasteiger partial charge is 0.495 e. The number of carbonyl (C=O) groups excluding carboxylic acids is 3. The van der Waals surface area contributed by atoms with E-state index >= 15 is 0 Å². The highest BCUT2D eigenvalue weighted by Crippen LogP contribution is 2.28. The molecule has 0 aliphatic carbocycles. The second-order valence-electron chi connectivity index (χ2n) is 7.64. The summed E-state index contributed by atoms with van der Waals surface area (Å²) >= 11 is 0. The lowest BCUT2D eigenvalue weighted by atomic mass is 10.1. The molecular formula is C23H26N4O4. The van der Waals surface area contributed by atoms with Crippen LogP contribution in [0.2, 0.25) is 0 Å². The van der Waals surface area contributed by atoms with Gasteiger partial charge in [-0.3, -0.25) is 14.4 Å². The van der Waals surface area contributed by atoms with Gasteiger partial charge in [0.2, 0.25) is 11.8 Å². The highest BCUT2D eigenvalue weighted by molar-refractivity contribution is 6.09. The van der Waals surface area contributed by atoms with Crippen LogP contribution in [-0.2, 0) is 9.59 Å². The van der Waals surface area contributed by atoms with Crippen LogP contribution in [-0.4, -0.2) is 62.0 Å². The van der Waals surface area contributed by atoms with Crippen LogP contribution in [0, 0.1) is 0 Å². The maximum absolute atomic E-state index is 12.7. The summed E-state index contributed by atoms with van der Waals surface area (Å²) in [6.07, 6.45) is 0.459. The third kappa shape index (κ3) is 4.47. The summed E-state index contributed by atoms with van der Waals surface area (Å²) < 4.78 is 5.44. The van der Waals surface area contributed by atoms with Crippen molar-refractivity contribution in [3.8, 4) is 5.75 Å². The zero-order valence-corrected chi connectivity index (χ0v) is 17.5. The van der Waals surface area contributed by atoms with E-state index < -0.39 is 6.04 Å². The van der Waals surface area contributed by atoms with Crippen LogP contribution in [0.3, 0.4) is 0 Å². The van der Waals surface area contributed by atoms with Gasteiger partial charge in [0.05, 0.1) is 24.0 Å². The second-order valence-corrected chi connectivity index (χ2v) is 7.64. The molecule has 1 saturated heterocycles.